The molecule has 0 amide bonds. The van der Waals surface area contributed by atoms with Crippen LogP contribution < -0.4 is 0 Å². The number of rotatable bonds is 2. The quantitative estimate of drug-likeness (QED) is 0.791. The van der Waals surface area contributed by atoms with E-state index in [1.165, 1.54) is 6.07 Å². The summed E-state index contributed by atoms with van der Waals surface area (Å²) >= 11 is 5.03. The van der Waals surface area contributed by atoms with E-state index in [9.17, 15) is 18.7 Å². The summed E-state index contributed by atoms with van der Waals surface area (Å²) in [6, 6.07) is 2.32. The number of nitriles is 1. The Bertz CT molecular complexity index is 457. The van der Waals surface area contributed by atoms with Gasteiger partial charge in [-0.3, -0.25) is 4.79 Å². The zero-order valence-corrected chi connectivity index (χ0v) is 7.79. The topological polar surface area (TPSA) is 74.0 Å². The van der Waals surface area contributed by atoms with Crippen molar-refractivity contribution in [2.24, 2.45) is 0 Å². The van der Waals surface area contributed by atoms with Crippen LogP contribution in [0.3, 0.4) is 0 Å². The molecule has 1 aromatic rings. The summed E-state index contributed by atoms with van der Waals surface area (Å²) in [5, 5.41) is 16.5. The van der Waals surface area contributed by atoms with E-state index in [0.29, 0.717) is 0 Å². The van der Waals surface area contributed by atoms with Crippen LogP contribution in [-0.4, -0.2) is 15.3 Å². The highest BCUT2D eigenvalue weighted by Gasteiger charge is 2.22. The third-order valence-corrected chi connectivity index (χ3v) is 1.76. The summed E-state index contributed by atoms with van der Waals surface area (Å²) in [5.74, 6) is -0.996. The fourth-order valence-electron chi connectivity index (χ4n) is 0.917. The van der Waals surface area contributed by atoms with Gasteiger partial charge in [0.25, 0.3) is 11.7 Å². The molecule has 7 heteroatoms. The lowest BCUT2D eigenvalue weighted by Gasteiger charge is -2.05. The van der Waals surface area contributed by atoms with Gasteiger partial charge in [0.2, 0.25) is 0 Å². The molecule has 1 heterocycles. The maximum Gasteiger partial charge on any atom is 0.284 e. The average Bonchev–Trinajstić information content (AvgIpc) is 2.17. The Kier molecular flexibility index (Phi) is 3.17. The minimum atomic E-state index is -3.09. The number of aromatic nitrogens is 1. The van der Waals surface area contributed by atoms with E-state index in [2.05, 4.69) is 4.98 Å². The molecule has 0 unspecified atom stereocenters. The lowest BCUT2D eigenvalue weighted by Crippen LogP contribution is -2.00. The number of pyridine rings is 1. The van der Waals surface area contributed by atoms with Gasteiger partial charge in [0.15, 0.2) is 11.4 Å². The number of nitrogens with zero attached hydrogens (tertiary/aromatic N) is 2. The number of aromatic hydroxyl groups is 1. The van der Waals surface area contributed by atoms with Crippen molar-refractivity contribution in [3.8, 4) is 11.8 Å². The van der Waals surface area contributed by atoms with Gasteiger partial charge in [-0.05, 0) is 17.7 Å². The molecule has 0 bridgehead atoms. The van der Waals surface area contributed by atoms with Gasteiger partial charge in [-0.25, -0.2) is 13.8 Å². The molecule has 0 aliphatic heterocycles. The number of carbonyl (C=O) groups excluding carboxylic acids is 1. The molecule has 0 aliphatic carbocycles. The van der Waals surface area contributed by atoms with Crippen molar-refractivity contribution in [1.29, 1.82) is 5.26 Å². The molecule has 0 atom stereocenters. The predicted octanol–water partition coefficient (Wildman–Crippen LogP) is 1.98. The zero-order chi connectivity index (χ0) is 11.6. The first-order valence-electron chi connectivity index (χ1n) is 3.59. The predicted molar refractivity (Wildman–Crippen MR) is 45.8 cm³/mol. The fraction of sp³-hybridized carbons (Fsp3) is 0.125. The molecule has 0 aromatic carbocycles. The molecule has 1 N–H and O–H groups in total. The van der Waals surface area contributed by atoms with Crippen LogP contribution in [0.1, 0.15) is 28.2 Å². The molecule has 1 rings (SSSR count). The monoisotopic (exact) mass is 232 g/mol. The van der Waals surface area contributed by atoms with E-state index in [1.54, 1.807) is 0 Å². The van der Waals surface area contributed by atoms with Gasteiger partial charge in [0, 0.05) is 0 Å². The highest BCUT2D eigenvalue weighted by molar-refractivity contribution is 6.68. The van der Waals surface area contributed by atoms with Crippen LogP contribution in [0.5, 0.6) is 5.75 Å². The number of hydrogen-bond acceptors (Lipinski definition) is 4. The molecular formula is C8H3ClF2N2O2. The number of alkyl halides is 2. The Hall–Kier alpha value is -1.74. The van der Waals surface area contributed by atoms with Gasteiger partial charge < -0.3 is 5.11 Å². The third-order valence-electron chi connectivity index (χ3n) is 1.55. The molecular weight excluding hydrogens is 230 g/mol. The fourth-order valence-corrected chi connectivity index (χ4v) is 1.06. The van der Waals surface area contributed by atoms with Crippen molar-refractivity contribution in [2.45, 2.75) is 6.43 Å². The molecule has 0 saturated carbocycles. The van der Waals surface area contributed by atoms with Crippen LogP contribution in [0.2, 0.25) is 0 Å². The Labute approximate surface area is 87.7 Å². The molecule has 0 saturated heterocycles. The lowest BCUT2D eigenvalue weighted by molar-refractivity contribution is 0.107. The molecule has 0 fully saturated rings. The summed E-state index contributed by atoms with van der Waals surface area (Å²) in [6.07, 6.45) is -3.09. The summed E-state index contributed by atoms with van der Waals surface area (Å²) in [5.41, 5.74) is -2.00. The van der Waals surface area contributed by atoms with Crippen molar-refractivity contribution in [1.82, 2.24) is 4.98 Å². The zero-order valence-electron chi connectivity index (χ0n) is 7.04. The van der Waals surface area contributed by atoms with Crippen LogP contribution in [-0.2, 0) is 0 Å². The minimum Gasteiger partial charge on any atom is -0.505 e. The number of carbonyl (C=O) groups is 1. The van der Waals surface area contributed by atoms with E-state index >= 15 is 0 Å². The molecule has 15 heavy (non-hydrogen) atoms. The number of halogens is 3. The second-order valence-electron chi connectivity index (χ2n) is 2.48. The maximum absolute atomic E-state index is 12.3. The molecule has 4 nitrogen and oxygen atoms in total. The lowest BCUT2D eigenvalue weighted by atomic mass is 10.2. The third kappa shape index (κ3) is 2.19. The highest BCUT2D eigenvalue weighted by Crippen LogP contribution is 2.30. The van der Waals surface area contributed by atoms with Crippen LogP contribution in [0, 0.1) is 11.3 Å². The molecule has 0 aliphatic rings. The van der Waals surface area contributed by atoms with Gasteiger partial charge in [0.1, 0.15) is 11.8 Å². The Morgan fingerprint density at radius 3 is 2.67 bits per heavy atom. The second-order valence-corrected chi connectivity index (χ2v) is 2.82. The second kappa shape index (κ2) is 4.19. The summed E-state index contributed by atoms with van der Waals surface area (Å²) in [6.45, 7) is 0. The van der Waals surface area contributed by atoms with Gasteiger partial charge in [0.05, 0.1) is 5.56 Å². The Morgan fingerprint density at radius 1 is 1.67 bits per heavy atom. The number of hydrogen-bond donors (Lipinski definition) is 1. The van der Waals surface area contributed by atoms with E-state index in [4.69, 9.17) is 16.9 Å². The molecule has 0 spiro atoms. The summed E-state index contributed by atoms with van der Waals surface area (Å²) in [7, 11) is 0. The van der Waals surface area contributed by atoms with Crippen molar-refractivity contribution in [3.63, 3.8) is 0 Å². The highest BCUT2D eigenvalue weighted by atomic mass is 35.5. The summed E-state index contributed by atoms with van der Waals surface area (Å²) < 4.78 is 24.6. The van der Waals surface area contributed by atoms with Crippen molar-refractivity contribution >= 4 is 16.8 Å². The van der Waals surface area contributed by atoms with Crippen LogP contribution >= 0.6 is 11.6 Å². The van der Waals surface area contributed by atoms with Crippen LogP contribution in [0.25, 0.3) is 0 Å². The Morgan fingerprint density at radius 2 is 2.27 bits per heavy atom. The molecule has 1 aromatic heterocycles. The van der Waals surface area contributed by atoms with Gasteiger partial charge in [-0.15, -0.1) is 0 Å². The van der Waals surface area contributed by atoms with E-state index in [0.717, 1.165) is 6.07 Å². The molecule has 0 radical (unpaired) electrons. The van der Waals surface area contributed by atoms with Crippen LogP contribution in [0.15, 0.2) is 6.07 Å². The van der Waals surface area contributed by atoms with Crippen LogP contribution in [0.4, 0.5) is 8.78 Å². The standard InChI is InChI=1S/C8H3ClF2N2O2/c9-7(15)4-1-3(2-12)13-5(6(4)14)8(10)11/h1,8,14H. The minimum absolute atomic E-state index is 0.410. The molecule has 78 valence electrons. The first-order valence-corrected chi connectivity index (χ1v) is 3.97. The van der Waals surface area contributed by atoms with Crippen molar-refractivity contribution in [2.75, 3.05) is 0 Å². The van der Waals surface area contributed by atoms with Gasteiger partial charge >= 0.3 is 0 Å². The summed E-state index contributed by atoms with van der Waals surface area (Å²) in [4.78, 5) is 13.9. The first-order chi connectivity index (χ1) is 6.97. The Balaban J connectivity index is 3.49. The SMILES string of the molecule is N#Cc1cc(C(=O)Cl)c(O)c(C(F)F)n1. The first kappa shape index (κ1) is 11.3. The normalized spacial score (nSPS) is 10.1. The van der Waals surface area contributed by atoms with Crippen molar-refractivity contribution < 1.29 is 18.7 Å². The van der Waals surface area contributed by atoms with E-state index < -0.39 is 34.4 Å². The van der Waals surface area contributed by atoms with Crippen molar-refractivity contribution in [3.05, 3.63) is 23.0 Å². The average molecular weight is 233 g/mol. The van der Waals surface area contributed by atoms with E-state index in [-0.39, 0.29) is 0 Å². The smallest absolute Gasteiger partial charge is 0.284 e. The maximum atomic E-state index is 12.3. The van der Waals surface area contributed by atoms with E-state index in [1.807, 2.05) is 0 Å². The van der Waals surface area contributed by atoms with Gasteiger partial charge in [-0.1, -0.05) is 0 Å². The van der Waals surface area contributed by atoms with Gasteiger partial charge in [-0.2, -0.15) is 5.26 Å². The largest absolute Gasteiger partial charge is 0.505 e.